The van der Waals surface area contributed by atoms with Gasteiger partial charge in [-0.25, -0.2) is 12.8 Å². The summed E-state index contributed by atoms with van der Waals surface area (Å²) in [6, 6.07) is 14.2. The first-order chi connectivity index (χ1) is 18.5. The average Bonchev–Trinajstić information content (AvgIpc) is 2.91. The molecule has 1 aliphatic rings. The highest BCUT2D eigenvalue weighted by Crippen LogP contribution is 2.41. The van der Waals surface area contributed by atoms with Crippen LogP contribution in [0, 0.1) is 5.82 Å². The molecule has 1 unspecified atom stereocenters. The summed E-state index contributed by atoms with van der Waals surface area (Å²) < 4.78 is 65.1. The lowest BCUT2D eigenvalue weighted by Crippen LogP contribution is -2.45. The van der Waals surface area contributed by atoms with Gasteiger partial charge >= 0.3 is 0 Å². The van der Waals surface area contributed by atoms with E-state index < -0.39 is 39.9 Å². The van der Waals surface area contributed by atoms with Crippen molar-refractivity contribution in [2.75, 3.05) is 32.2 Å². The van der Waals surface area contributed by atoms with Crippen molar-refractivity contribution in [3.63, 3.8) is 0 Å². The van der Waals surface area contributed by atoms with Gasteiger partial charge in [0, 0.05) is 18.1 Å². The van der Waals surface area contributed by atoms with Crippen LogP contribution in [0.25, 0.3) is 0 Å². The molecule has 0 aliphatic carbocycles. The molecule has 1 heterocycles. The van der Waals surface area contributed by atoms with Crippen molar-refractivity contribution in [2.45, 2.75) is 36.8 Å². The number of benzene rings is 3. The standard InChI is InChI=1S/C28H31FN2O7S/c1-28(2)16-22(20-14-18(35-3)10-12-24(20)38-28)30-27(32)17-31(23-9-7-6-8-21(23)29)39(33,34)19-11-13-25(36-4)26(15-19)37-5/h6-15,22H,16-17H2,1-5H3,(H,30,32). The number of halogens is 1. The summed E-state index contributed by atoms with van der Waals surface area (Å²) in [4.78, 5) is 13.2. The number of methoxy groups -OCH3 is 3. The molecule has 1 amide bonds. The number of fused-ring (bicyclic) bond motifs is 1. The Balaban J connectivity index is 1.70. The molecule has 0 saturated carbocycles. The highest BCUT2D eigenvalue weighted by Gasteiger charge is 2.36. The van der Waals surface area contributed by atoms with E-state index in [1.54, 1.807) is 18.2 Å². The molecule has 0 aromatic heterocycles. The fraction of sp³-hybridized carbons (Fsp3) is 0.321. The molecule has 0 fully saturated rings. The second-order valence-electron chi connectivity index (χ2n) is 9.57. The van der Waals surface area contributed by atoms with Crippen LogP contribution in [-0.2, 0) is 14.8 Å². The summed E-state index contributed by atoms with van der Waals surface area (Å²) in [6.45, 7) is 3.12. The third kappa shape index (κ3) is 5.88. The van der Waals surface area contributed by atoms with Gasteiger partial charge in [-0.2, -0.15) is 0 Å². The van der Waals surface area contributed by atoms with Crippen LogP contribution in [0.5, 0.6) is 23.0 Å². The van der Waals surface area contributed by atoms with Crippen molar-refractivity contribution >= 4 is 21.6 Å². The lowest BCUT2D eigenvalue weighted by atomic mass is 9.89. The van der Waals surface area contributed by atoms with E-state index in [1.807, 2.05) is 13.8 Å². The van der Waals surface area contributed by atoms with Crippen LogP contribution < -0.4 is 28.6 Å². The van der Waals surface area contributed by atoms with Gasteiger partial charge in [-0.05, 0) is 56.3 Å². The first kappa shape index (κ1) is 28.0. The van der Waals surface area contributed by atoms with Crippen molar-refractivity contribution in [1.29, 1.82) is 0 Å². The Bertz CT molecular complexity index is 1480. The van der Waals surface area contributed by atoms with Gasteiger partial charge < -0.3 is 24.3 Å². The van der Waals surface area contributed by atoms with E-state index >= 15 is 0 Å². The molecule has 3 aromatic carbocycles. The molecule has 39 heavy (non-hydrogen) atoms. The van der Waals surface area contributed by atoms with Crippen LogP contribution in [0.4, 0.5) is 10.1 Å². The largest absolute Gasteiger partial charge is 0.497 e. The lowest BCUT2D eigenvalue weighted by molar-refractivity contribution is -0.120. The topological polar surface area (TPSA) is 103 Å². The SMILES string of the molecule is COc1ccc2c(c1)C(NC(=O)CN(c1ccccc1F)S(=O)(=O)c1ccc(OC)c(OC)c1)CC(C)(C)O2. The first-order valence-corrected chi connectivity index (χ1v) is 13.6. The smallest absolute Gasteiger partial charge is 0.265 e. The Hall–Kier alpha value is -3.99. The number of nitrogens with zero attached hydrogens (tertiary/aromatic N) is 1. The number of para-hydroxylation sites is 1. The van der Waals surface area contributed by atoms with Crippen molar-refractivity contribution < 1.29 is 36.6 Å². The number of amides is 1. The Labute approximate surface area is 227 Å². The maximum absolute atomic E-state index is 14.9. The molecule has 0 radical (unpaired) electrons. The summed E-state index contributed by atoms with van der Waals surface area (Å²) in [6.07, 6.45) is 0.418. The number of carbonyl (C=O) groups excluding carboxylic acids is 1. The Morgan fingerprint density at radius 2 is 1.74 bits per heavy atom. The monoisotopic (exact) mass is 558 g/mol. The third-order valence-corrected chi connectivity index (χ3v) is 8.12. The number of rotatable bonds is 9. The zero-order chi connectivity index (χ0) is 28.4. The van der Waals surface area contributed by atoms with Gasteiger partial charge in [-0.15, -0.1) is 0 Å². The van der Waals surface area contributed by atoms with E-state index in [1.165, 1.54) is 57.7 Å². The summed E-state index contributed by atoms with van der Waals surface area (Å²) >= 11 is 0. The number of hydrogen-bond acceptors (Lipinski definition) is 7. The van der Waals surface area contributed by atoms with Crippen molar-refractivity contribution in [3.8, 4) is 23.0 Å². The maximum atomic E-state index is 14.9. The number of nitrogens with one attached hydrogen (secondary N) is 1. The number of hydrogen-bond donors (Lipinski definition) is 1. The molecule has 1 aliphatic heterocycles. The van der Waals surface area contributed by atoms with Crippen molar-refractivity contribution in [1.82, 2.24) is 5.32 Å². The number of ether oxygens (including phenoxy) is 4. The molecule has 11 heteroatoms. The summed E-state index contributed by atoms with van der Waals surface area (Å²) in [7, 11) is -0.0784. The summed E-state index contributed by atoms with van der Waals surface area (Å²) in [5.74, 6) is 0.242. The van der Waals surface area contributed by atoms with Crippen LogP contribution in [0.1, 0.15) is 31.9 Å². The fourth-order valence-corrected chi connectivity index (χ4v) is 5.96. The van der Waals surface area contributed by atoms with E-state index in [2.05, 4.69) is 5.32 Å². The zero-order valence-corrected chi connectivity index (χ0v) is 23.2. The van der Waals surface area contributed by atoms with Gasteiger partial charge in [0.25, 0.3) is 10.0 Å². The lowest BCUT2D eigenvalue weighted by Gasteiger charge is -2.38. The summed E-state index contributed by atoms with van der Waals surface area (Å²) in [5, 5.41) is 2.92. The van der Waals surface area contributed by atoms with Gasteiger partial charge in [0.1, 0.15) is 29.5 Å². The zero-order valence-electron chi connectivity index (χ0n) is 22.4. The Kier molecular flexibility index (Phi) is 7.91. The van der Waals surface area contributed by atoms with Gasteiger partial charge in [0.05, 0.1) is 38.0 Å². The van der Waals surface area contributed by atoms with Crippen molar-refractivity contribution in [3.05, 3.63) is 72.0 Å². The van der Waals surface area contributed by atoms with Gasteiger partial charge in [-0.1, -0.05) is 12.1 Å². The maximum Gasteiger partial charge on any atom is 0.265 e. The van der Waals surface area contributed by atoms with E-state index in [-0.39, 0.29) is 16.3 Å². The minimum Gasteiger partial charge on any atom is -0.497 e. The number of sulfonamides is 1. The Morgan fingerprint density at radius 1 is 1.03 bits per heavy atom. The van der Waals surface area contributed by atoms with E-state index in [9.17, 15) is 17.6 Å². The molecular weight excluding hydrogens is 527 g/mol. The molecule has 1 atom stereocenters. The third-order valence-electron chi connectivity index (χ3n) is 6.36. The highest BCUT2D eigenvalue weighted by molar-refractivity contribution is 7.92. The minimum atomic E-state index is -4.41. The molecule has 208 valence electrons. The van der Waals surface area contributed by atoms with E-state index in [0.717, 1.165) is 10.4 Å². The molecule has 1 N–H and O–H groups in total. The van der Waals surface area contributed by atoms with Gasteiger partial charge in [-0.3, -0.25) is 9.10 Å². The Morgan fingerprint density at radius 3 is 2.41 bits per heavy atom. The molecule has 0 saturated heterocycles. The van der Waals surface area contributed by atoms with E-state index in [0.29, 0.717) is 29.2 Å². The van der Waals surface area contributed by atoms with Crippen LogP contribution in [0.2, 0.25) is 0 Å². The minimum absolute atomic E-state index is 0.173. The molecule has 9 nitrogen and oxygen atoms in total. The second-order valence-corrected chi connectivity index (χ2v) is 11.4. The van der Waals surface area contributed by atoms with Crippen LogP contribution in [-0.4, -0.2) is 47.8 Å². The molecule has 4 rings (SSSR count). The molecule has 3 aromatic rings. The van der Waals surface area contributed by atoms with Gasteiger partial charge in [0.15, 0.2) is 11.5 Å². The van der Waals surface area contributed by atoms with Crippen molar-refractivity contribution in [2.24, 2.45) is 0 Å². The molecular formula is C28H31FN2O7S. The second kappa shape index (κ2) is 11.0. The number of carbonyl (C=O) groups is 1. The number of anilines is 1. The first-order valence-electron chi connectivity index (χ1n) is 12.1. The van der Waals surface area contributed by atoms with Crippen LogP contribution in [0.3, 0.4) is 0 Å². The van der Waals surface area contributed by atoms with E-state index in [4.69, 9.17) is 18.9 Å². The fourth-order valence-electron chi connectivity index (χ4n) is 4.52. The molecule has 0 spiro atoms. The quantitative estimate of drug-likeness (QED) is 0.414. The highest BCUT2D eigenvalue weighted by atomic mass is 32.2. The predicted molar refractivity (Wildman–Crippen MR) is 144 cm³/mol. The summed E-state index contributed by atoms with van der Waals surface area (Å²) in [5.41, 5.74) is -0.171. The van der Waals surface area contributed by atoms with Gasteiger partial charge in [0.2, 0.25) is 5.91 Å². The average molecular weight is 559 g/mol. The van der Waals surface area contributed by atoms with Crippen LogP contribution in [0.15, 0.2) is 65.6 Å². The normalized spacial score (nSPS) is 15.9. The molecule has 0 bridgehead atoms. The predicted octanol–water partition coefficient (Wildman–Crippen LogP) is 4.47. The van der Waals surface area contributed by atoms with Crippen LogP contribution >= 0.6 is 0 Å².